The van der Waals surface area contributed by atoms with Crippen LogP contribution in [-0.4, -0.2) is 22.5 Å². The lowest BCUT2D eigenvalue weighted by atomic mass is 10.0. The number of hydrogen-bond donors (Lipinski definition) is 2. The Bertz CT molecular complexity index is 825. The maximum absolute atomic E-state index is 12.4. The lowest BCUT2D eigenvalue weighted by Crippen LogP contribution is -2.34. The van der Waals surface area contributed by atoms with Crippen LogP contribution in [0.4, 0.5) is 0 Å². The molecule has 1 aromatic heterocycles. The summed E-state index contributed by atoms with van der Waals surface area (Å²) in [4.78, 5) is 19.8. The summed E-state index contributed by atoms with van der Waals surface area (Å²) >= 11 is 0. The van der Waals surface area contributed by atoms with Crippen molar-refractivity contribution in [1.82, 2.24) is 15.3 Å². The van der Waals surface area contributed by atoms with E-state index in [1.165, 1.54) is 0 Å². The number of H-pyrrole nitrogens is 1. The summed E-state index contributed by atoms with van der Waals surface area (Å²) in [7, 11) is 0. The molecule has 0 fully saturated rings. The molecule has 0 spiro atoms. The van der Waals surface area contributed by atoms with Crippen LogP contribution in [0.2, 0.25) is 0 Å². The van der Waals surface area contributed by atoms with Crippen LogP contribution in [0.15, 0.2) is 60.9 Å². The van der Waals surface area contributed by atoms with E-state index in [2.05, 4.69) is 21.4 Å². The lowest BCUT2D eigenvalue weighted by molar-refractivity contribution is -0.123. The molecular weight excluding hydrogens is 326 g/mol. The number of carbonyl (C=O) groups excluding carboxylic acids is 1. The van der Waals surface area contributed by atoms with E-state index >= 15 is 0 Å². The van der Waals surface area contributed by atoms with Crippen LogP contribution in [0.1, 0.15) is 28.6 Å². The molecule has 0 aliphatic rings. The van der Waals surface area contributed by atoms with Gasteiger partial charge in [0.2, 0.25) is 0 Å². The maximum atomic E-state index is 12.4. The molecule has 0 saturated carbocycles. The quantitative estimate of drug-likeness (QED) is 0.686. The third kappa shape index (κ3) is 4.96. The Kier molecular flexibility index (Phi) is 5.69. The number of ether oxygens (including phenoxy) is 1. The highest BCUT2D eigenvalue weighted by Crippen LogP contribution is 2.18. The van der Waals surface area contributed by atoms with Gasteiger partial charge in [0.25, 0.3) is 5.91 Å². The highest BCUT2D eigenvalue weighted by molar-refractivity contribution is 5.78. The van der Waals surface area contributed by atoms with E-state index < -0.39 is 0 Å². The summed E-state index contributed by atoms with van der Waals surface area (Å²) in [5, 5.41) is 3.05. The zero-order valence-corrected chi connectivity index (χ0v) is 15.0. The molecule has 0 radical (unpaired) electrons. The van der Waals surface area contributed by atoms with Gasteiger partial charge in [-0.2, -0.15) is 0 Å². The molecule has 26 heavy (non-hydrogen) atoms. The Morgan fingerprint density at radius 1 is 1.15 bits per heavy atom. The van der Waals surface area contributed by atoms with Gasteiger partial charge < -0.3 is 15.0 Å². The van der Waals surface area contributed by atoms with Crippen molar-refractivity contribution in [1.29, 1.82) is 0 Å². The molecular formula is C21H23N3O2. The van der Waals surface area contributed by atoms with Gasteiger partial charge in [0.05, 0.1) is 6.04 Å². The molecule has 1 atom stereocenters. The summed E-state index contributed by atoms with van der Waals surface area (Å²) in [6.45, 7) is 3.99. The van der Waals surface area contributed by atoms with Crippen LogP contribution in [0.3, 0.4) is 0 Å². The van der Waals surface area contributed by atoms with Crippen LogP contribution in [0, 0.1) is 13.8 Å². The third-order valence-corrected chi connectivity index (χ3v) is 4.05. The van der Waals surface area contributed by atoms with E-state index in [0.29, 0.717) is 12.2 Å². The Balaban J connectivity index is 1.65. The highest BCUT2D eigenvalue weighted by atomic mass is 16.5. The first-order valence-electron chi connectivity index (χ1n) is 8.64. The number of aromatic nitrogens is 2. The summed E-state index contributed by atoms with van der Waals surface area (Å²) in [6, 6.07) is 15.6. The molecule has 5 nitrogen and oxygen atoms in total. The largest absolute Gasteiger partial charge is 0.484 e. The molecule has 1 unspecified atom stereocenters. The highest BCUT2D eigenvalue weighted by Gasteiger charge is 2.16. The molecule has 1 heterocycles. The molecule has 0 saturated heterocycles. The Hall–Kier alpha value is -3.08. The van der Waals surface area contributed by atoms with Gasteiger partial charge in [-0.3, -0.25) is 4.79 Å². The predicted molar refractivity (Wildman–Crippen MR) is 101 cm³/mol. The number of benzene rings is 2. The van der Waals surface area contributed by atoms with Gasteiger partial charge in [-0.25, -0.2) is 4.98 Å². The predicted octanol–water partition coefficient (Wildman–Crippen LogP) is 3.51. The zero-order valence-electron chi connectivity index (χ0n) is 15.0. The fourth-order valence-corrected chi connectivity index (χ4v) is 2.94. The van der Waals surface area contributed by atoms with E-state index in [-0.39, 0.29) is 18.6 Å². The van der Waals surface area contributed by atoms with Crippen molar-refractivity contribution >= 4 is 5.91 Å². The second-order valence-corrected chi connectivity index (χ2v) is 6.38. The Morgan fingerprint density at radius 3 is 2.54 bits per heavy atom. The summed E-state index contributed by atoms with van der Waals surface area (Å²) in [5.41, 5.74) is 3.25. The Morgan fingerprint density at radius 2 is 1.88 bits per heavy atom. The average Bonchev–Trinajstić information content (AvgIpc) is 3.12. The zero-order chi connectivity index (χ0) is 18.4. The van der Waals surface area contributed by atoms with E-state index in [1.807, 2.05) is 56.3 Å². The summed E-state index contributed by atoms with van der Waals surface area (Å²) in [5.74, 6) is 1.37. The Labute approximate surface area is 153 Å². The van der Waals surface area contributed by atoms with Crippen LogP contribution in [0.5, 0.6) is 5.75 Å². The minimum absolute atomic E-state index is 0.0234. The molecule has 1 amide bonds. The second kappa shape index (κ2) is 8.34. The molecule has 3 aromatic rings. The number of imidazole rings is 1. The van der Waals surface area contributed by atoms with E-state index in [0.717, 1.165) is 22.5 Å². The first kappa shape index (κ1) is 17.7. The molecule has 0 aliphatic carbocycles. The summed E-state index contributed by atoms with van der Waals surface area (Å²) in [6.07, 6.45) is 4.08. The van der Waals surface area contributed by atoms with Crippen molar-refractivity contribution in [3.05, 3.63) is 83.4 Å². The normalized spacial score (nSPS) is 11.8. The van der Waals surface area contributed by atoms with Gasteiger partial charge in [-0.15, -0.1) is 0 Å². The smallest absolute Gasteiger partial charge is 0.258 e. The molecule has 2 aromatic carbocycles. The number of nitrogens with one attached hydrogen (secondary N) is 2. The molecule has 0 aliphatic heterocycles. The van der Waals surface area contributed by atoms with Gasteiger partial charge in [0, 0.05) is 18.8 Å². The number of hydrogen-bond acceptors (Lipinski definition) is 3. The van der Waals surface area contributed by atoms with Crippen molar-refractivity contribution in [3.8, 4) is 5.75 Å². The van der Waals surface area contributed by atoms with Crippen LogP contribution >= 0.6 is 0 Å². The van der Waals surface area contributed by atoms with Gasteiger partial charge in [0.1, 0.15) is 11.6 Å². The first-order chi connectivity index (χ1) is 12.6. The van der Waals surface area contributed by atoms with Crippen LogP contribution < -0.4 is 10.1 Å². The molecule has 134 valence electrons. The first-order valence-corrected chi connectivity index (χ1v) is 8.64. The van der Waals surface area contributed by atoms with Crippen molar-refractivity contribution in [2.75, 3.05) is 6.61 Å². The maximum Gasteiger partial charge on any atom is 0.258 e. The SMILES string of the molecule is Cc1cc(C)cc(OCC(=O)NC(Cc2ncc[nH]2)c2ccccc2)c1. The summed E-state index contributed by atoms with van der Waals surface area (Å²) < 4.78 is 5.67. The molecule has 0 bridgehead atoms. The lowest BCUT2D eigenvalue weighted by Gasteiger charge is -2.18. The van der Waals surface area contributed by atoms with Crippen molar-refractivity contribution in [2.45, 2.75) is 26.3 Å². The third-order valence-electron chi connectivity index (χ3n) is 4.05. The number of aryl methyl sites for hydroxylation is 2. The fourth-order valence-electron chi connectivity index (χ4n) is 2.94. The average molecular weight is 349 g/mol. The number of nitrogens with zero attached hydrogens (tertiary/aromatic N) is 1. The molecule has 5 heteroatoms. The van der Waals surface area contributed by atoms with Gasteiger partial charge in [-0.05, 0) is 42.7 Å². The van der Waals surface area contributed by atoms with Crippen LogP contribution in [-0.2, 0) is 11.2 Å². The van der Waals surface area contributed by atoms with Gasteiger partial charge in [-0.1, -0.05) is 36.4 Å². The second-order valence-electron chi connectivity index (χ2n) is 6.38. The number of rotatable bonds is 7. The minimum atomic E-state index is -0.169. The standard InChI is InChI=1S/C21H23N3O2/c1-15-10-16(2)12-18(11-15)26-14-21(25)24-19(13-20-22-8-9-23-20)17-6-4-3-5-7-17/h3-12,19H,13-14H2,1-2H3,(H,22,23)(H,24,25). The monoisotopic (exact) mass is 349 g/mol. The molecule has 2 N–H and O–H groups in total. The van der Waals surface area contributed by atoms with Crippen molar-refractivity contribution in [3.63, 3.8) is 0 Å². The fraction of sp³-hybridized carbons (Fsp3) is 0.238. The number of aromatic amines is 1. The van der Waals surface area contributed by atoms with Crippen LogP contribution in [0.25, 0.3) is 0 Å². The van der Waals surface area contributed by atoms with Gasteiger partial charge >= 0.3 is 0 Å². The van der Waals surface area contributed by atoms with Crippen molar-refractivity contribution in [2.24, 2.45) is 0 Å². The van der Waals surface area contributed by atoms with E-state index in [9.17, 15) is 4.79 Å². The van der Waals surface area contributed by atoms with E-state index in [4.69, 9.17) is 4.74 Å². The minimum Gasteiger partial charge on any atom is -0.484 e. The number of amides is 1. The van der Waals surface area contributed by atoms with Crippen molar-refractivity contribution < 1.29 is 9.53 Å². The van der Waals surface area contributed by atoms with E-state index in [1.54, 1.807) is 12.4 Å². The molecule has 3 rings (SSSR count). The van der Waals surface area contributed by atoms with Gasteiger partial charge in [0.15, 0.2) is 6.61 Å². The number of carbonyl (C=O) groups is 1. The topological polar surface area (TPSA) is 67.0 Å².